The fourth-order valence-corrected chi connectivity index (χ4v) is 7.15. The van der Waals surface area contributed by atoms with Crippen LogP contribution >= 0.6 is 0 Å². The van der Waals surface area contributed by atoms with Crippen molar-refractivity contribution in [2.45, 2.75) is 57.3 Å². The zero-order chi connectivity index (χ0) is 21.2. The summed E-state index contributed by atoms with van der Waals surface area (Å²) < 4.78 is 36.7. The number of aromatic nitrogens is 3. The maximum Gasteiger partial charge on any atom is 0.301 e. The second-order valence-electron chi connectivity index (χ2n) is 10.2. The predicted molar refractivity (Wildman–Crippen MR) is 117 cm³/mol. The van der Waals surface area contributed by atoms with E-state index in [-0.39, 0.29) is 5.95 Å². The van der Waals surface area contributed by atoms with Gasteiger partial charge in [-0.2, -0.15) is 8.42 Å². The van der Waals surface area contributed by atoms with Crippen molar-refractivity contribution in [1.29, 1.82) is 0 Å². The van der Waals surface area contributed by atoms with Crippen LogP contribution in [-0.4, -0.2) is 36.7 Å². The third kappa shape index (κ3) is 3.69. The summed E-state index contributed by atoms with van der Waals surface area (Å²) >= 11 is 0. The van der Waals surface area contributed by atoms with Crippen LogP contribution in [0.15, 0.2) is 12.3 Å². The van der Waals surface area contributed by atoms with Gasteiger partial charge in [0.05, 0.1) is 6.61 Å². The molecule has 2 N–H and O–H groups in total. The van der Waals surface area contributed by atoms with Crippen LogP contribution in [0.2, 0.25) is 0 Å². The van der Waals surface area contributed by atoms with Gasteiger partial charge in [-0.05, 0) is 80.5 Å². The van der Waals surface area contributed by atoms with Gasteiger partial charge in [0.1, 0.15) is 5.75 Å². The first-order valence-corrected chi connectivity index (χ1v) is 13.2. The number of ether oxygens (including phenoxy) is 1. The number of fused-ring (bicyclic) bond motifs is 3. The summed E-state index contributed by atoms with van der Waals surface area (Å²) in [5, 5.41) is 8.21. The molecule has 2 aromatic rings. The largest absolute Gasteiger partial charge is 0.493 e. The van der Waals surface area contributed by atoms with Crippen LogP contribution in [0.25, 0.3) is 5.65 Å². The number of hydrogen-bond acceptors (Lipinski definition) is 5. The molecule has 4 aliphatic rings. The standard InChI is InChI=1S/C22H31N5O3S/c1-23-31(28,29)26-22-25-24-21-10-20(19(11-27(21)22)15-3-4-15)30-12-17-9-14-6-13-2-5-18(17)16(7-13)8-14/h10-11,13-18,23H,2-9,12H2,1H3,(H,25,26). The monoisotopic (exact) mass is 445 g/mol. The van der Waals surface area contributed by atoms with Gasteiger partial charge in [-0.3, -0.25) is 4.40 Å². The SMILES string of the molecule is CNS(=O)(=O)Nc1nnc2cc(OCC3CC4CC5CCC3C(C5)C4)c(C3CC3)cn12. The highest BCUT2D eigenvalue weighted by atomic mass is 32.2. The molecular formula is C22H31N5O3S. The third-order valence-corrected chi connectivity index (χ3v) is 9.18. The molecule has 3 bridgehead atoms. The Labute approximate surface area is 183 Å². The van der Waals surface area contributed by atoms with Crippen molar-refractivity contribution >= 4 is 21.8 Å². The Morgan fingerprint density at radius 3 is 2.74 bits per heavy atom. The number of nitrogens with zero attached hydrogens (tertiary/aromatic N) is 3. The smallest absolute Gasteiger partial charge is 0.301 e. The van der Waals surface area contributed by atoms with E-state index in [2.05, 4.69) is 19.6 Å². The Balaban J connectivity index is 1.25. The van der Waals surface area contributed by atoms with E-state index in [4.69, 9.17) is 4.74 Å². The lowest BCUT2D eigenvalue weighted by Gasteiger charge is -2.52. The zero-order valence-electron chi connectivity index (χ0n) is 18.0. The van der Waals surface area contributed by atoms with E-state index >= 15 is 0 Å². The van der Waals surface area contributed by atoms with Crippen LogP contribution in [-0.2, 0) is 10.2 Å². The quantitative estimate of drug-likeness (QED) is 0.681. The average molecular weight is 446 g/mol. The number of hydrogen-bond donors (Lipinski definition) is 2. The molecule has 2 aromatic heterocycles. The van der Waals surface area contributed by atoms with Crippen molar-refractivity contribution < 1.29 is 13.2 Å². The number of nitrogens with one attached hydrogen (secondary N) is 2. The van der Waals surface area contributed by atoms with Gasteiger partial charge in [0.2, 0.25) is 5.95 Å². The third-order valence-electron chi connectivity index (χ3n) is 8.19. The van der Waals surface area contributed by atoms with Crippen molar-refractivity contribution in [2.75, 3.05) is 18.4 Å². The second-order valence-corrected chi connectivity index (χ2v) is 11.8. The molecule has 0 spiro atoms. The van der Waals surface area contributed by atoms with Crippen LogP contribution in [0.5, 0.6) is 5.75 Å². The van der Waals surface area contributed by atoms with Crippen molar-refractivity contribution in [3.8, 4) is 5.75 Å². The maximum atomic E-state index is 11.9. The first-order chi connectivity index (χ1) is 15.0. The molecule has 4 aliphatic carbocycles. The summed E-state index contributed by atoms with van der Waals surface area (Å²) in [4.78, 5) is 0. The van der Waals surface area contributed by atoms with Crippen LogP contribution in [0.4, 0.5) is 5.95 Å². The molecule has 0 saturated heterocycles. The Kier molecular flexibility index (Phi) is 4.68. The summed E-state index contributed by atoms with van der Waals surface area (Å²) in [5.74, 6) is 5.86. The molecular weight excluding hydrogens is 414 g/mol. The van der Waals surface area contributed by atoms with E-state index in [1.54, 1.807) is 4.40 Å². The number of pyridine rings is 1. The Hall–Kier alpha value is -1.87. The first-order valence-electron chi connectivity index (χ1n) is 11.7. The molecule has 168 valence electrons. The van der Waals surface area contributed by atoms with Gasteiger partial charge >= 0.3 is 10.2 Å². The lowest BCUT2D eigenvalue weighted by Crippen LogP contribution is -2.44. The van der Waals surface area contributed by atoms with Crippen LogP contribution in [0.3, 0.4) is 0 Å². The highest BCUT2D eigenvalue weighted by molar-refractivity contribution is 7.90. The van der Waals surface area contributed by atoms with E-state index < -0.39 is 10.2 Å². The molecule has 6 rings (SSSR count). The van der Waals surface area contributed by atoms with Gasteiger partial charge in [0.15, 0.2) is 5.65 Å². The molecule has 4 saturated carbocycles. The van der Waals surface area contributed by atoms with Crippen molar-refractivity contribution in [1.82, 2.24) is 19.3 Å². The van der Waals surface area contributed by atoms with E-state index in [0.717, 1.165) is 54.4 Å². The highest BCUT2D eigenvalue weighted by Gasteiger charge is 2.45. The fraction of sp³-hybridized carbons (Fsp3) is 0.727. The molecule has 8 nitrogen and oxygen atoms in total. The highest BCUT2D eigenvalue weighted by Crippen LogP contribution is 2.54. The summed E-state index contributed by atoms with van der Waals surface area (Å²) in [7, 11) is -2.29. The predicted octanol–water partition coefficient (Wildman–Crippen LogP) is 3.32. The van der Waals surface area contributed by atoms with Crippen LogP contribution in [0, 0.1) is 29.6 Å². The Morgan fingerprint density at radius 2 is 1.94 bits per heavy atom. The number of rotatable bonds is 7. The molecule has 31 heavy (non-hydrogen) atoms. The topological polar surface area (TPSA) is 97.6 Å². The van der Waals surface area contributed by atoms with Gasteiger partial charge in [-0.15, -0.1) is 10.2 Å². The fourth-order valence-electron chi connectivity index (χ4n) is 6.67. The molecule has 2 heterocycles. The summed E-state index contributed by atoms with van der Waals surface area (Å²) in [5.41, 5.74) is 1.73. The molecule has 0 radical (unpaired) electrons. The van der Waals surface area contributed by atoms with E-state index in [1.807, 2.05) is 12.3 Å². The lowest BCUT2D eigenvalue weighted by molar-refractivity contribution is -0.0260. The average Bonchev–Trinajstić information content (AvgIpc) is 3.52. The van der Waals surface area contributed by atoms with Crippen LogP contribution < -0.4 is 14.2 Å². The molecule has 9 heteroatoms. The van der Waals surface area contributed by atoms with E-state index in [0.29, 0.717) is 17.5 Å². The van der Waals surface area contributed by atoms with Gasteiger partial charge in [-0.1, -0.05) is 6.42 Å². The lowest BCUT2D eigenvalue weighted by atomic mass is 9.54. The minimum Gasteiger partial charge on any atom is -0.493 e. The molecule has 0 aliphatic heterocycles. The normalized spacial score (nSPS) is 32.4. The summed E-state index contributed by atoms with van der Waals surface area (Å²) in [6.07, 6.45) is 12.7. The molecule has 0 amide bonds. The van der Waals surface area contributed by atoms with Gasteiger partial charge in [0, 0.05) is 24.9 Å². The van der Waals surface area contributed by atoms with E-state index in [9.17, 15) is 8.42 Å². The van der Waals surface area contributed by atoms with Gasteiger partial charge in [-0.25, -0.2) is 9.44 Å². The first kappa shape index (κ1) is 19.8. The van der Waals surface area contributed by atoms with Crippen molar-refractivity contribution in [3.63, 3.8) is 0 Å². The van der Waals surface area contributed by atoms with Crippen molar-refractivity contribution in [3.05, 3.63) is 17.8 Å². The summed E-state index contributed by atoms with van der Waals surface area (Å²) in [6.45, 7) is 0.783. The number of anilines is 1. The molecule has 5 unspecified atom stereocenters. The zero-order valence-corrected chi connectivity index (χ0v) is 18.8. The van der Waals surface area contributed by atoms with E-state index in [1.165, 1.54) is 45.6 Å². The minimum atomic E-state index is -3.65. The van der Waals surface area contributed by atoms with Crippen molar-refractivity contribution in [2.24, 2.45) is 29.6 Å². The Morgan fingerprint density at radius 1 is 1.10 bits per heavy atom. The maximum absolute atomic E-state index is 11.9. The molecule has 0 aromatic carbocycles. The Bertz CT molecular complexity index is 1090. The minimum absolute atomic E-state index is 0.190. The second kappa shape index (κ2) is 7.33. The molecule has 4 fully saturated rings. The summed E-state index contributed by atoms with van der Waals surface area (Å²) in [6, 6.07) is 1.93. The van der Waals surface area contributed by atoms with Crippen LogP contribution in [0.1, 0.15) is 62.8 Å². The van der Waals surface area contributed by atoms with Gasteiger partial charge < -0.3 is 4.74 Å². The molecule has 5 atom stereocenters. The van der Waals surface area contributed by atoms with Gasteiger partial charge in [0.25, 0.3) is 0 Å².